The summed E-state index contributed by atoms with van der Waals surface area (Å²) in [6.45, 7) is 5.52. The Hall–Kier alpha value is -2.96. The summed E-state index contributed by atoms with van der Waals surface area (Å²) in [5, 5.41) is 5.96. The zero-order valence-corrected chi connectivity index (χ0v) is 20.6. The molecule has 0 aromatic heterocycles. The van der Waals surface area contributed by atoms with E-state index in [0.717, 1.165) is 12.1 Å². The van der Waals surface area contributed by atoms with Crippen LogP contribution in [0.25, 0.3) is 0 Å². The first-order valence-corrected chi connectivity index (χ1v) is 11.5. The molecule has 38 heavy (non-hydrogen) atoms. The van der Waals surface area contributed by atoms with Gasteiger partial charge in [-0.2, -0.15) is 39.5 Å². The van der Waals surface area contributed by atoms with Gasteiger partial charge < -0.3 is 15.4 Å². The van der Waals surface area contributed by atoms with Crippen LogP contribution in [-0.2, 0) is 34.6 Å². The molecule has 2 N–H and O–H groups in total. The van der Waals surface area contributed by atoms with Crippen molar-refractivity contribution in [2.75, 3.05) is 5.32 Å². The molecule has 1 heterocycles. The van der Waals surface area contributed by atoms with Crippen LogP contribution in [-0.4, -0.2) is 18.6 Å². The third kappa shape index (κ3) is 8.81. The number of carbonyl (C=O) groups excluding carboxylic acids is 1. The summed E-state index contributed by atoms with van der Waals surface area (Å²) in [5.74, 6) is 0. The molecule has 2 unspecified atom stereocenters. The number of benzene rings is 2. The molecular formula is C25H27F9N2O2. The van der Waals surface area contributed by atoms with Crippen LogP contribution in [0, 0.1) is 0 Å². The number of hydrogen-bond acceptors (Lipinski definition) is 4. The van der Waals surface area contributed by atoms with E-state index in [0.29, 0.717) is 37.1 Å². The Balaban J connectivity index is 0.000000757. The molecule has 0 radical (unpaired) electrons. The number of anilines is 1. The molecule has 0 saturated carbocycles. The van der Waals surface area contributed by atoms with Crippen LogP contribution in [0.3, 0.4) is 0 Å². The van der Waals surface area contributed by atoms with Crippen molar-refractivity contribution in [2.24, 2.45) is 0 Å². The number of fused-ring (bicyclic) bond motifs is 1. The molecule has 0 spiro atoms. The van der Waals surface area contributed by atoms with Gasteiger partial charge in [-0.1, -0.05) is 6.92 Å². The minimum atomic E-state index is -4.98. The van der Waals surface area contributed by atoms with Crippen LogP contribution >= 0.6 is 0 Å². The van der Waals surface area contributed by atoms with Gasteiger partial charge in [-0.05, 0) is 74.2 Å². The molecule has 212 valence electrons. The summed E-state index contributed by atoms with van der Waals surface area (Å²) in [7, 11) is 0. The number of ether oxygens (including phenoxy) is 1. The summed E-state index contributed by atoms with van der Waals surface area (Å²) >= 11 is 0. The van der Waals surface area contributed by atoms with Crippen LogP contribution in [0.1, 0.15) is 67.5 Å². The SMILES string of the molecule is CC(C)OC=O.CCC1CC(NCc2cc(C(F)(F)F)cc(C(F)(F)F)c2)c2cc(C(F)(F)F)ccc2N1. The Morgan fingerprint density at radius 1 is 0.921 bits per heavy atom. The molecular weight excluding hydrogens is 531 g/mol. The largest absolute Gasteiger partial charge is 0.465 e. The van der Waals surface area contributed by atoms with E-state index in [9.17, 15) is 44.3 Å². The van der Waals surface area contributed by atoms with E-state index in [4.69, 9.17) is 0 Å². The Kier molecular flexibility index (Phi) is 10.1. The predicted molar refractivity (Wildman–Crippen MR) is 122 cm³/mol. The highest BCUT2D eigenvalue weighted by atomic mass is 19.4. The fourth-order valence-electron chi connectivity index (χ4n) is 3.78. The molecule has 0 fully saturated rings. The Morgan fingerprint density at radius 3 is 1.89 bits per heavy atom. The Labute approximate surface area is 213 Å². The molecule has 0 aliphatic carbocycles. The number of alkyl halides is 9. The topological polar surface area (TPSA) is 50.4 Å². The lowest BCUT2D eigenvalue weighted by molar-refractivity contribution is -0.143. The Morgan fingerprint density at radius 2 is 1.47 bits per heavy atom. The van der Waals surface area contributed by atoms with Gasteiger partial charge in [-0.3, -0.25) is 4.79 Å². The quantitative estimate of drug-likeness (QED) is 0.281. The molecule has 2 aromatic rings. The van der Waals surface area contributed by atoms with Gasteiger partial charge in [-0.15, -0.1) is 0 Å². The maximum atomic E-state index is 13.1. The summed E-state index contributed by atoms with van der Waals surface area (Å²) in [4.78, 5) is 9.39. The standard InChI is InChI=1S/C21H19F9N2.C4H8O2/c1-2-15-9-18(16-8-12(19(22,23)24)3-4-17(16)32-15)31-10-11-5-13(20(25,26)27)7-14(6-11)21(28,29)30;1-4(2)6-3-5/h3-8,15,18,31-32H,2,9-10H2,1H3;3-4H,1-2H3. The third-order valence-corrected chi connectivity index (χ3v) is 5.65. The van der Waals surface area contributed by atoms with Crippen molar-refractivity contribution in [1.29, 1.82) is 0 Å². The number of nitrogens with one attached hydrogen (secondary N) is 2. The summed E-state index contributed by atoms with van der Waals surface area (Å²) in [5.41, 5.74) is -3.35. The molecule has 2 atom stereocenters. The fraction of sp³-hybridized carbons (Fsp3) is 0.480. The van der Waals surface area contributed by atoms with Gasteiger partial charge in [0.15, 0.2) is 0 Å². The van der Waals surface area contributed by atoms with Crippen molar-refractivity contribution < 1.29 is 49.0 Å². The first-order valence-electron chi connectivity index (χ1n) is 11.5. The second-order valence-corrected chi connectivity index (χ2v) is 8.91. The van der Waals surface area contributed by atoms with Gasteiger partial charge in [-0.25, -0.2) is 0 Å². The van der Waals surface area contributed by atoms with Crippen molar-refractivity contribution in [3.8, 4) is 0 Å². The fourth-order valence-corrected chi connectivity index (χ4v) is 3.78. The van der Waals surface area contributed by atoms with Crippen LogP contribution in [0.5, 0.6) is 0 Å². The van der Waals surface area contributed by atoms with E-state index in [2.05, 4.69) is 15.4 Å². The van der Waals surface area contributed by atoms with E-state index in [1.807, 2.05) is 6.92 Å². The van der Waals surface area contributed by atoms with Gasteiger partial charge in [0.2, 0.25) is 0 Å². The average Bonchev–Trinajstić information content (AvgIpc) is 2.80. The summed E-state index contributed by atoms with van der Waals surface area (Å²) < 4.78 is 122. The maximum absolute atomic E-state index is 13.1. The normalized spacial score (nSPS) is 17.7. The first kappa shape index (κ1) is 31.3. The number of hydrogen-bond donors (Lipinski definition) is 2. The molecule has 0 saturated heterocycles. The van der Waals surface area contributed by atoms with E-state index in [1.165, 1.54) is 6.07 Å². The molecule has 1 aliphatic heterocycles. The van der Waals surface area contributed by atoms with Crippen LogP contribution in [0.2, 0.25) is 0 Å². The van der Waals surface area contributed by atoms with Crippen LogP contribution in [0.15, 0.2) is 36.4 Å². The Bertz CT molecular complexity index is 1050. The number of rotatable bonds is 6. The highest BCUT2D eigenvalue weighted by Crippen LogP contribution is 2.39. The van der Waals surface area contributed by atoms with Gasteiger partial charge >= 0.3 is 18.5 Å². The van der Waals surface area contributed by atoms with Crippen LogP contribution in [0.4, 0.5) is 45.2 Å². The molecule has 4 nitrogen and oxygen atoms in total. The highest BCUT2D eigenvalue weighted by Gasteiger charge is 2.37. The summed E-state index contributed by atoms with van der Waals surface area (Å²) in [6.07, 6.45) is -13.6. The van der Waals surface area contributed by atoms with E-state index in [-0.39, 0.29) is 35.9 Å². The van der Waals surface area contributed by atoms with Crippen molar-refractivity contribution in [3.63, 3.8) is 0 Å². The average molecular weight is 558 g/mol. The van der Waals surface area contributed by atoms with E-state index in [1.54, 1.807) is 13.8 Å². The second kappa shape index (κ2) is 12.3. The lowest BCUT2D eigenvalue weighted by Crippen LogP contribution is -2.34. The predicted octanol–water partition coefficient (Wildman–Crippen LogP) is 7.74. The van der Waals surface area contributed by atoms with Crippen molar-refractivity contribution in [2.45, 2.75) is 76.9 Å². The number of carbonyl (C=O) groups is 1. The molecule has 2 aromatic carbocycles. The number of halogens is 9. The van der Waals surface area contributed by atoms with Gasteiger partial charge in [0.25, 0.3) is 6.47 Å². The first-order chi connectivity index (χ1) is 17.5. The monoisotopic (exact) mass is 558 g/mol. The zero-order chi connectivity index (χ0) is 28.9. The lowest BCUT2D eigenvalue weighted by atomic mass is 9.90. The van der Waals surface area contributed by atoms with Gasteiger partial charge in [0.1, 0.15) is 0 Å². The lowest BCUT2D eigenvalue weighted by Gasteiger charge is -2.34. The van der Waals surface area contributed by atoms with E-state index < -0.39 is 41.3 Å². The smallest absolute Gasteiger partial charge is 0.416 e. The molecule has 0 bridgehead atoms. The molecule has 13 heteroatoms. The third-order valence-electron chi connectivity index (χ3n) is 5.65. The minimum Gasteiger partial charge on any atom is -0.465 e. The van der Waals surface area contributed by atoms with Crippen molar-refractivity contribution >= 4 is 12.2 Å². The van der Waals surface area contributed by atoms with Crippen molar-refractivity contribution in [3.05, 3.63) is 64.2 Å². The zero-order valence-electron chi connectivity index (χ0n) is 20.6. The van der Waals surface area contributed by atoms with Crippen molar-refractivity contribution in [1.82, 2.24) is 5.32 Å². The van der Waals surface area contributed by atoms with Gasteiger partial charge in [0, 0.05) is 24.3 Å². The minimum absolute atomic E-state index is 0.0301. The maximum Gasteiger partial charge on any atom is 0.416 e. The van der Waals surface area contributed by atoms with Crippen LogP contribution < -0.4 is 10.6 Å². The van der Waals surface area contributed by atoms with Gasteiger partial charge in [0.05, 0.1) is 22.8 Å². The molecule has 0 amide bonds. The second-order valence-electron chi connectivity index (χ2n) is 8.91. The molecule has 1 aliphatic rings. The highest BCUT2D eigenvalue weighted by molar-refractivity contribution is 5.57. The summed E-state index contributed by atoms with van der Waals surface area (Å²) in [6, 6.07) is 3.57. The van der Waals surface area contributed by atoms with E-state index >= 15 is 0 Å². The molecule has 3 rings (SSSR count).